The number of nitrogens with one attached hydrogen (secondary N) is 1. The summed E-state index contributed by atoms with van der Waals surface area (Å²) < 4.78 is 2.16. The van der Waals surface area contributed by atoms with Crippen LogP contribution < -0.4 is 5.32 Å². The molecule has 3 rings (SSSR count). The maximum atomic E-state index is 12.5. The summed E-state index contributed by atoms with van der Waals surface area (Å²) in [5, 5.41) is 4.22. The zero-order valence-electron chi connectivity index (χ0n) is 13.3. The van der Waals surface area contributed by atoms with E-state index in [0.717, 1.165) is 59.3 Å². The van der Waals surface area contributed by atoms with Gasteiger partial charge in [0, 0.05) is 25.2 Å². The van der Waals surface area contributed by atoms with Gasteiger partial charge >= 0.3 is 0 Å². The second-order valence-corrected chi connectivity index (χ2v) is 7.02. The molecular formula is C16H22N4OS. The second-order valence-electron chi connectivity index (χ2n) is 5.93. The first-order valence-corrected chi connectivity index (χ1v) is 8.68. The van der Waals surface area contributed by atoms with Crippen LogP contribution in [0, 0.1) is 13.8 Å². The summed E-state index contributed by atoms with van der Waals surface area (Å²) >= 11 is 1.53. The lowest BCUT2D eigenvalue weighted by Gasteiger charge is -2.24. The molecule has 1 atom stereocenters. The SMILES string of the molecule is CCCc1nc(C)c(C(=O)N[C@@H]2CCc3nc(C)cn3C2)s1. The minimum atomic E-state index is 0.0163. The average molecular weight is 318 g/mol. The number of amides is 1. The highest BCUT2D eigenvalue weighted by Gasteiger charge is 2.23. The Kier molecular flexibility index (Phi) is 4.29. The Labute approximate surface area is 134 Å². The van der Waals surface area contributed by atoms with Gasteiger partial charge in [0.2, 0.25) is 0 Å². The molecule has 0 radical (unpaired) electrons. The molecule has 2 aromatic rings. The van der Waals surface area contributed by atoms with E-state index in [-0.39, 0.29) is 11.9 Å². The Balaban J connectivity index is 1.67. The van der Waals surface area contributed by atoms with Gasteiger partial charge < -0.3 is 9.88 Å². The molecule has 0 saturated heterocycles. The van der Waals surface area contributed by atoms with Crippen molar-refractivity contribution in [2.24, 2.45) is 0 Å². The zero-order chi connectivity index (χ0) is 15.7. The Bertz CT molecular complexity index is 688. The van der Waals surface area contributed by atoms with Gasteiger partial charge in [0.15, 0.2) is 0 Å². The first-order valence-electron chi connectivity index (χ1n) is 7.86. The van der Waals surface area contributed by atoms with Crippen molar-refractivity contribution in [1.82, 2.24) is 19.9 Å². The molecule has 3 heterocycles. The van der Waals surface area contributed by atoms with Crippen molar-refractivity contribution >= 4 is 17.2 Å². The average Bonchev–Trinajstić information content (AvgIpc) is 3.00. The minimum Gasteiger partial charge on any atom is -0.347 e. The van der Waals surface area contributed by atoms with Crippen molar-refractivity contribution in [3.05, 3.63) is 33.3 Å². The molecule has 2 aromatic heterocycles. The standard InChI is InChI=1S/C16H22N4OS/c1-4-5-14-18-11(3)15(22-14)16(21)19-12-6-7-13-17-10(2)8-20(13)9-12/h8,12H,4-7,9H2,1-3H3,(H,19,21)/t12-/m1/s1. The van der Waals surface area contributed by atoms with Crippen LogP contribution in [0.1, 0.15) is 51.7 Å². The van der Waals surface area contributed by atoms with Crippen LogP contribution in [-0.2, 0) is 19.4 Å². The van der Waals surface area contributed by atoms with E-state index in [0.29, 0.717) is 0 Å². The van der Waals surface area contributed by atoms with Crippen LogP contribution in [-0.4, -0.2) is 26.5 Å². The summed E-state index contributed by atoms with van der Waals surface area (Å²) in [7, 11) is 0. The van der Waals surface area contributed by atoms with Gasteiger partial charge in [-0.1, -0.05) is 6.92 Å². The molecule has 1 N–H and O–H groups in total. The van der Waals surface area contributed by atoms with Gasteiger partial charge in [-0.3, -0.25) is 4.79 Å². The third kappa shape index (κ3) is 3.06. The molecule has 5 nitrogen and oxygen atoms in total. The van der Waals surface area contributed by atoms with E-state index in [2.05, 4.69) is 33.0 Å². The quantitative estimate of drug-likeness (QED) is 0.943. The van der Waals surface area contributed by atoms with Gasteiger partial charge in [-0.2, -0.15) is 0 Å². The van der Waals surface area contributed by atoms with Crippen LogP contribution in [0.3, 0.4) is 0 Å². The first kappa shape index (κ1) is 15.2. The lowest BCUT2D eigenvalue weighted by atomic mass is 10.1. The van der Waals surface area contributed by atoms with Gasteiger partial charge in [-0.05, 0) is 33.1 Å². The first-order chi connectivity index (χ1) is 10.6. The minimum absolute atomic E-state index is 0.0163. The van der Waals surface area contributed by atoms with E-state index < -0.39 is 0 Å². The summed E-state index contributed by atoms with van der Waals surface area (Å²) in [6, 6.07) is 0.171. The second kappa shape index (κ2) is 6.20. The van der Waals surface area contributed by atoms with E-state index in [1.54, 1.807) is 0 Å². The van der Waals surface area contributed by atoms with Gasteiger partial charge in [0.05, 0.1) is 16.4 Å². The topological polar surface area (TPSA) is 59.8 Å². The highest BCUT2D eigenvalue weighted by atomic mass is 32.1. The fourth-order valence-electron chi connectivity index (χ4n) is 2.94. The van der Waals surface area contributed by atoms with Crippen LogP contribution in [0.25, 0.3) is 0 Å². The van der Waals surface area contributed by atoms with Crippen LogP contribution in [0.5, 0.6) is 0 Å². The van der Waals surface area contributed by atoms with Crippen LogP contribution in [0.15, 0.2) is 6.20 Å². The van der Waals surface area contributed by atoms with Crippen molar-refractivity contribution in [2.45, 2.75) is 59.0 Å². The summed E-state index contributed by atoms with van der Waals surface area (Å²) in [4.78, 5) is 22.3. The third-order valence-electron chi connectivity index (χ3n) is 3.96. The van der Waals surface area contributed by atoms with Crippen molar-refractivity contribution in [1.29, 1.82) is 0 Å². The van der Waals surface area contributed by atoms with E-state index >= 15 is 0 Å². The number of carbonyl (C=O) groups is 1. The Morgan fingerprint density at radius 3 is 3.05 bits per heavy atom. The molecule has 0 spiro atoms. The van der Waals surface area contributed by atoms with E-state index in [9.17, 15) is 4.79 Å². The highest BCUT2D eigenvalue weighted by molar-refractivity contribution is 7.13. The lowest BCUT2D eigenvalue weighted by Crippen LogP contribution is -2.40. The molecule has 118 valence electrons. The van der Waals surface area contributed by atoms with E-state index in [1.165, 1.54) is 11.3 Å². The van der Waals surface area contributed by atoms with Crippen LogP contribution in [0.2, 0.25) is 0 Å². The molecular weight excluding hydrogens is 296 g/mol. The molecule has 0 aliphatic carbocycles. The number of aryl methyl sites for hydroxylation is 4. The number of fused-ring (bicyclic) bond motifs is 1. The number of aromatic nitrogens is 3. The van der Waals surface area contributed by atoms with Gasteiger partial charge in [-0.15, -0.1) is 11.3 Å². The number of thiazole rings is 1. The van der Waals surface area contributed by atoms with Gasteiger partial charge in [0.25, 0.3) is 5.91 Å². The molecule has 6 heteroatoms. The predicted molar refractivity (Wildman–Crippen MR) is 87.4 cm³/mol. The smallest absolute Gasteiger partial charge is 0.263 e. The Morgan fingerprint density at radius 2 is 2.27 bits per heavy atom. The van der Waals surface area contributed by atoms with Crippen molar-refractivity contribution < 1.29 is 4.79 Å². The highest BCUT2D eigenvalue weighted by Crippen LogP contribution is 2.21. The van der Waals surface area contributed by atoms with Gasteiger partial charge in [0.1, 0.15) is 10.7 Å². The summed E-state index contributed by atoms with van der Waals surface area (Å²) in [6.07, 6.45) is 5.92. The molecule has 1 aliphatic heterocycles. The summed E-state index contributed by atoms with van der Waals surface area (Å²) in [5.41, 5.74) is 1.89. The van der Waals surface area contributed by atoms with Crippen molar-refractivity contribution in [2.75, 3.05) is 0 Å². The van der Waals surface area contributed by atoms with Crippen molar-refractivity contribution in [3.63, 3.8) is 0 Å². The number of hydrogen-bond acceptors (Lipinski definition) is 4. The third-order valence-corrected chi connectivity index (χ3v) is 5.18. The molecule has 22 heavy (non-hydrogen) atoms. The van der Waals surface area contributed by atoms with Crippen LogP contribution >= 0.6 is 11.3 Å². The monoisotopic (exact) mass is 318 g/mol. The fourth-order valence-corrected chi connectivity index (χ4v) is 4.01. The zero-order valence-corrected chi connectivity index (χ0v) is 14.2. The normalized spacial score (nSPS) is 17.3. The van der Waals surface area contributed by atoms with Gasteiger partial charge in [-0.25, -0.2) is 9.97 Å². The maximum Gasteiger partial charge on any atom is 0.263 e. The molecule has 0 aromatic carbocycles. The van der Waals surface area contributed by atoms with Crippen molar-refractivity contribution in [3.8, 4) is 0 Å². The molecule has 1 aliphatic rings. The largest absolute Gasteiger partial charge is 0.347 e. The number of rotatable bonds is 4. The summed E-state index contributed by atoms with van der Waals surface area (Å²) in [6.45, 7) is 6.86. The predicted octanol–water partition coefficient (Wildman–Crippen LogP) is 2.65. The number of imidazole rings is 1. The molecule has 0 bridgehead atoms. The van der Waals surface area contributed by atoms with Crippen LogP contribution in [0.4, 0.5) is 0 Å². The summed E-state index contributed by atoms with van der Waals surface area (Å²) in [5.74, 6) is 1.14. The lowest BCUT2D eigenvalue weighted by molar-refractivity contribution is 0.0931. The molecule has 0 fully saturated rings. The Morgan fingerprint density at radius 1 is 1.45 bits per heavy atom. The van der Waals surface area contributed by atoms with E-state index in [1.807, 2.05) is 13.8 Å². The number of carbonyl (C=O) groups excluding carboxylic acids is 1. The maximum absolute atomic E-state index is 12.5. The molecule has 0 saturated carbocycles. The fraction of sp³-hybridized carbons (Fsp3) is 0.562. The van der Waals surface area contributed by atoms with E-state index in [4.69, 9.17) is 0 Å². The molecule has 0 unspecified atom stereocenters. The number of nitrogens with zero attached hydrogens (tertiary/aromatic N) is 3. The Hall–Kier alpha value is -1.69. The number of hydrogen-bond donors (Lipinski definition) is 1. The molecule has 1 amide bonds.